The van der Waals surface area contributed by atoms with E-state index in [1.165, 1.54) is 29.3 Å². The molecule has 5 nitrogen and oxygen atoms in total. The zero-order valence-electron chi connectivity index (χ0n) is 12.3. The lowest BCUT2D eigenvalue weighted by molar-refractivity contribution is -0.132. The van der Waals surface area contributed by atoms with Gasteiger partial charge in [-0.2, -0.15) is 0 Å². The van der Waals surface area contributed by atoms with Gasteiger partial charge in [0.15, 0.2) is 0 Å². The van der Waals surface area contributed by atoms with E-state index in [0.717, 1.165) is 0 Å². The van der Waals surface area contributed by atoms with Gasteiger partial charge in [-0.1, -0.05) is 23.7 Å². The van der Waals surface area contributed by atoms with Crippen molar-refractivity contribution in [2.45, 2.75) is 19.1 Å². The number of imidazole rings is 1. The molecule has 1 unspecified atom stereocenters. The van der Waals surface area contributed by atoms with E-state index in [-0.39, 0.29) is 18.9 Å². The second kappa shape index (κ2) is 6.89. The Kier molecular flexibility index (Phi) is 5.15. The number of amides is 1. The first kappa shape index (κ1) is 16.5. The maximum absolute atomic E-state index is 13.1. The van der Waals surface area contributed by atoms with E-state index in [2.05, 4.69) is 4.98 Å². The van der Waals surface area contributed by atoms with Crippen molar-refractivity contribution in [1.82, 2.24) is 14.5 Å². The van der Waals surface area contributed by atoms with Gasteiger partial charge in [-0.3, -0.25) is 4.79 Å². The van der Waals surface area contributed by atoms with Gasteiger partial charge in [0.2, 0.25) is 5.91 Å². The molecule has 22 heavy (non-hydrogen) atoms. The predicted molar refractivity (Wildman–Crippen MR) is 80.7 cm³/mol. The summed E-state index contributed by atoms with van der Waals surface area (Å²) in [7, 11) is 3.37. The number of aliphatic hydroxyl groups excluding tert-OH is 1. The van der Waals surface area contributed by atoms with Crippen molar-refractivity contribution in [2.24, 2.45) is 7.05 Å². The number of aliphatic hydroxyl groups is 1. The summed E-state index contributed by atoms with van der Waals surface area (Å²) < 4.78 is 14.8. The zero-order chi connectivity index (χ0) is 16.3. The first-order valence-corrected chi connectivity index (χ1v) is 7.10. The minimum absolute atomic E-state index is 0.127. The highest BCUT2D eigenvalue weighted by molar-refractivity contribution is 6.29. The molecule has 1 N–H and O–H groups in total. The summed E-state index contributed by atoms with van der Waals surface area (Å²) in [4.78, 5) is 17.7. The van der Waals surface area contributed by atoms with Crippen molar-refractivity contribution in [3.8, 4) is 0 Å². The average Bonchev–Trinajstić information content (AvgIpc) is 2.79. The molecule has 1 aromatic carbocycles. The van der Waals surface area contributed by atoms with Gasteiger partial charge in [0, 0.05) is 14.1 Å². The molecule has 0 saturated heterocycles. The predicted octanol–water partition coefficient (Wildman–Crippen LogP) is 2.29. The highest BCUT2D eigenvalue weighted by Gasteiger charge is 2.18. The molecule has 2 aromatic rings. The smallest absolute Gasteiger partial charge is 0.225 e. The van der Waals surface area contributed by atoms with Crippen LogP contribution in [-0.2, 0) is 18.4 Å². The van der Waals surface area contributed by atoms with E-state index in [4.69, 9.17) is 11.6 Å². The number of halogens is 2. The van der Waals surface area contributed by atoms with E-state index >= 15 is 0 Å². The first-order chi connectivity index (χ1) is 10.4. The van der Waals surface area contributed by atoms with Crippen LogP contribution in [0.25, 0.3) is 0 Å². The highest BCUT2D eigenvalue weighted by Crippen LogP contribution is 2.19. The Hall–Kier alpha value is -1.92. The van der Waals surface area contributed by atoms with Crippen molar-refractivity contribution in [1.29, 1.82) is 0 Å². The summed E-state index contributed by atoms with van der Waals surface area (Å²) in [6.45, 7) is 0.276. The van der Waals surface area contributed by atoms with Crippen LogP contribution in [0.15, 0.2) is 30.5 Å². The Labute approximate surface area is 133 Å². The number of nitrogens with zero attached hydrogens (tertiary/aromatic N) is 3. The van der Waals surface area contributed by atoms with Crippen LogP contribution in [0.3, 0.4) is 0 Å². The summed E-state index contributed by atoms with van der Waals surface area (Å²) in [5, 5.41) is 10.5. The lowest BCUT2D eigenvalue weighted by Crippen LogP contribution is -2.28. The summed E-state index contributed by atoms with van der Waals surface area (Å²) in [6, 6.07) is 5.59. The van der Waals surface area contributed by atoms with E-state index in [1.54, 1.807) is 24.7 Å². The number of hydrogen-bond acceptors (Lipinski definition) is 3. The van der Waals surface area contributed by atoms with Crippen LogP contribution in [0.5, 0.6) is 0 Å². The monoisotopic (exact) mass is 325 g/mol. The molecule has 1 amide bonds. The summed E-state index contributed by atoms with van der Waals surface area (Å²) >= 11 is 5.89. The maximum atomic E-state index is 13.1. The lowest BCUT2D eigenvalue weighted by Gasteiger charge is -2.19. The molecule has 0 bridgehead atoms. The number of hydrogen-bond donors (Lipinski definition) is 1. The number of aromatic nitrogens is 2. The molecule has 0 saturated carbocycles. The minimum Gasteiger partial charge on any atom is -0.388 e. The average molecular weight is 326 g/mol. The van der Waals surface area contributed by atoms with Gasteiger partial charge in [0.05, 0.1) is 25.3 Å². The van der Waals surface area contributed by atoms with Crippen molar-refractivity contribution in [3.63, 3.8) is 0 Å². The Balaban J connectivity index is 1.98. The Morgan fingerprint density at radius 2 is 2.27 bits per heavy atom. The largest absolute Gasteiger partial charge is 0.388 e. The van der Waals surface area contributed by atoms with Crippen molar-refractivity contribution < 1.29 is 14.3 Å². The highest BCUT2D eigenvalue weighted by atomic mass is 35.5. The first-order valence-electron chi connectivity index (χ1n) is 6.72. The maximum Gasteiger partial charge on any atom is 0.225 e. The number of carbonyl (C=O) groups excluding carboxylic acids is 1. The summed E-state index contributed by atoms with van der Waals surface area (Å²) in [6.07, 6.45) is 0.338. The van der Waals surface area contributed by atoms with Crippen LogP contribution < -0.4 is 0 Å². The van der Waals surface area contributed by atoms with Gasteiger partial charge in [0.1, 0.15) is 16.8 Å². The van der Waals surface area contributed by atoms with Crippen molar-refractivity contribution in [2.75, 3.05) is 7.05 Å². The van der Waals surface area contributed by atoms with Crippen LogP contribution in [-0.4, -0.2) is 32.5 Å². The molecule has 2 rings (SSSR count). The number of carbonyl (C=O) groups is 1. The van der Waals surface area contributed by atoms with Crippen LogP contribution in [0.2, 0.25) is 5.15 Å². The molecule has 0 spiro atoms. The van der Waals surface area contributed by atoms with Gasteiger partial charge in [-0.15, -0.1) is 0 Å². The molecule has 0 fully saturated rings. The van der Waals surface area contributed by atoms with Crippen LogP contribution >= 0.6 is 11.6 Å². The number of rotatable bonds is 5. The summed E-state index contributed by atoms with van der Waals surface area (Å²) in [5.74, 6) is -0.0722. The molecule has 0 aliphatic heterocycles. The third-order valence-corrected chi connectivity index (χ3v) is 3.78. The van der Waals surface area contributed by atoms with Gasteiger partial charge >= 0.3 is 0 Å². The summed E-state index contributed by atoms with van der Waals surface area (Å²) in [5.41, 5.74) is 0.377. The lowest BCUT2D eigenvalue weighted by atomic mass is 10.1. The van der Waals surface area contributed by atoms with E-state index in [0.29, 0.717) is 16.5 Å². The van der Waals surface area contributed by atoms with E-state index in [1.807, 2.05) is 0 Å². The fourth-order valence-electron chi connectivity index (χ4n) is 2.02. The fourth-order valence-corrected chi connectivity index (χ4v) is 2.17. The van der Waals surface area contributed by atoms with Gasteiger partial charge in [-0.05, 0) is 17.7 Å². The van der Waals surface area contributed by atoms with Gasteiger partial charge in [-0.25, -0.2) is 9.37 Å². The third-order valence-electron chi connectivity index (χ3n) is 3.43. The van der Waals surface area contributed by atoms with Crippen molar-refractivity contribution in [3.05, 3.63) is 52.8 Å². The Bertz CT molecular complexity index is 675. The van der Waals surface area contributed by atoms with E-state index < -0.39 is 11.9 Å². The van der Waals surface area contributed by atoms with Gasteiger partial charge in [0.25, 0.3) is 0 Å². The van der Waals surface area contributed by atoms with Crippen LogP contribution in [0.1, 0.15) is 23.9 Å². The van der Waals surface area contributed by atoms with Crippen LogP contribution in [0.4, 0.5) is 4.39 Å². The normalized spacial score (nSPS) is 12.2. The molecule has 118 valence electrons. The second-order valence-electron chi connectivity index (χ2n) is 5.08. The molecule has 1 heterocycles. The van der Waals surface area contributed by atoms with Crippen LogP contribution in [0, 0.1) is 5.82 Å². The Morgan fingerprint density at radius 3 is 2.86 bits per heavy atom. The van der Waals surface area contributed by atoms with E-state index in [9.17, 15) is 14.3 Å². The minimum atomic E-state index is -1.05. The molecule has 0 radical (unpaired) electrons. The number of benzene rings is 1. The fraction of sp³-hybridized carbons (Fsp3) is 0.333. The molecular weight excluding hydrogens is 309 g/mol. The standard InChI is InChI=1S/C15H17ClFN3O2/c1-19(9-14-18-8-13(16)20(14)2)15(22)7-12(21)10-4-3-5-11(17)6-10/h3-6,8,12,21H,7,9H2,1-2H3. The molecular formula is C15H17ClFN3O2. The third kappa shape index (κ3) is 3.84. The molecule has 0 aliphatic rings. The molecule has 1 aromatic heterocycles. The molecule has 1 atom stereocenters. The SMILES string of the molecule is CN(Cc1ncc(Cl)n1C)C(=O)CC(O)c1cccc(F)c1. The quantitative estimate of drug-likeness (QED) is 0.917. The molecule has 0 aliphatic carbocycles. The second-order valence-corrected chi connectivity index (χ2v) is 5.47. The molecule has 7 heteroatoms. The Morgan fingerprint density at radius 1 is 1.55 bits per heavy atom. The van der Waals surface area contributed by atoms with Gasteiger partial charge < -0.3 is 14.6 Å². The van der Waals surface area contributed by atoms with Crippen molar-refractivity contribution >= 4 is 17.5 Å². The topological polar surface area (TPSA) is 58.4 Å². The zero-order valence-corrected chi connectivity index (χ0v) is 13.1.